The number of benzene rings is 2. The van der Waals surface area contributed by atoms with Crippen molar-refractivity contribution in [1.82, 2.24) is 0 Å². The lowest BCUT2D eigenvalue weighted by molar-refractivity contribution is 0.299. The Morgan fingerprint density at radius 1 is 0.765 bits per heavy atom. The molecule has 2 bridgehead atoms. The topological polar surface area (TPSA) is 20.2 Å². The maximum atomic E-state index is 8.52. The summed E-state index contributed by atoms with van der Waals surface area (Å²) >= 11 is 0. The standard InChI is InChI=1S/C8H10O.C8H8/c9-7-6-8-4-2-1-3-5-8;1-2-8-5-3-7(1)4-6-8/h1-5,9H,6-7H2;1-3,5H,4,6H2. The van der Waals surface area contributed by atoms with E-state index in [0.717, 1.165) is 6.42 Å². The van der Waals surface area contributed by atoms with E-state index in [0.29, 0.717) is 0 Å². The fraction of sp³-hybridized carbons (Fsp3) is 0.250. The lowest BCUT2D eigenvalue weighted by Gasteiger charge is -2.09. The van der Waals surface area contributed by atoms with Crippen LogP contribution in [0.25, 0.3) is 0 Å². The zero-order valence-corrected chi connectivity index (χ0v) is 9.97. The molecule has 0 aliphatic heterocycles. The average Bonchev–Trinajstić information content (AvgIpc) is 2.43. The van der Waals surface area contributed by atoms with Crippen LogP contribution in [0.1, 0.15) is 16.7 Å². The van der Waals surface area contributed by atoms with Crippen molar-refractivity contribution in [1.29, 1.82) is 0 Å². The third-order valence-electron chi connectivity index (χ3n) is 2.97. The van der Waals surface area contributed by atoms with Gasteiger partial charge in [0.2, 0.25) is 0 Å². The average molecular weight is 226 g/mol. The summed E-state index contributed by atoms with van der Waals surface area (Å²) in [5.41, 5.74) is 4.17. The predicted octanol–water partition coefficient (Wildman–Crippen LogP) is 3.01. The Balaban J connectivity index is 0.000000127. The second-order valence-electron chi connectivity index (χ2n) is 4.28. The third-order valence-corrected chi connectivity index (χ3v) is 2.97. The highest BCUT2D eigenvalue weighted by Crippen LogP contribution is 2.14. The molecule has 2 aliphatic rings. The molecular formula is C16H18O. The van der Waals surface area contributed by atoms with Gasteiger partial charge in [0.05, 0.1) is 0 Å². The van der Waals surface area contributed by atoms with E-state index >= 15 is 0 Å². The molecule has 17 heavy (non-hydrogen) atoms. The van der Waals surface area contributed by atoms with Gasteiger partial charge in [-0.3, -0.25) is 0 Å². The van der Waals surface area contributed by atoms with Crippen molar-refractivity contribution in [2.45, 2.75) is 19.3 Å². The zero-order chi connectivity index (χ0) is 11.9. The van der Waals surface area contributed by atoms with Crippen molar-refractivity contribution in [2.75, 3.05) is 6.61 Å². The Labute approximate surface area is 103 Å². The molecule has 1 nitrogen and oxygen atoms in total. The summed E-state index contributed by atoms with van der Waals surface area (Å²) in [5.74, 6) is 0. The minimum Gasteiger partial charge on any atom is -0.396 e. The van der Waals surface area contributed by atoms with Crippen LogP contribution in [-0.2, 0) is 19.3 Å². The smallest absolute Gasteiger partial charge is 0.0471 e. The summed E-state index contributed by atoms with van der Waals surface area (Å²) in [6.45, 7) is 0.240. The van der Waals surface area contributed by atoms with Gasteiger partial charge in [0, 0.05) is 6.61 Å². The second-order valence-corrected chi connectivity index (χ2v) is 4.28. The van der Waals surface area contributed by atoms with Crippen molar-refractivity contribution < 1.29 is 5.11 Å². The number of rotatable bonds is 2. The molecule has 0 radical (unpaired) electrons. The van der Waals surface area contributed by atoms with Crippen molar-refractivity contribution in [3.8, 4) is 0 Å². The van der Waals surface area contributed by atoms with Gasteiger partial charge in [0.1, 0.15) is 0 Å². The number of hydrogen-bond donors (Lipinski definition) is 1. The van der Waals surface area contributed by atoms with E-state index in [1.807, 2.05) is 30.3 Å². The van der Waals surface area contributed by atoms with E-state index in [-0.39, 0.29) is 6.61 Å². The van der Waals surface area contributed by atoms with E-state index in [9.17, 15) is 0 Å². The molecule has 4 rings (SSSR count). The Hall–Kier alpha value is -1.60. The van der Waals surface area contributed by atoms with Crippen LogP contribution >= 0.6 is 0 Å². The summed E-state index contributed by atoms with van der Waals surface area (Å²) in [6, 6.07) is 18.8. The quantitative estimate of drug-likeness (QED) is 0.834. The molecule has 0 heterocycles. The molecule has 0 saturated carbocycles. The normalized spacial score (nSPS) is 11.8. The summed E-state index contributed by atoms with van der Waals surface area (Å²) in [7, 11) is 0. The molecule has 0 atom stereocenters. The Morgan fingerprint density at radius 3 is 1.65 bits per heavy atom. The van der Waals surface area contributed by atoms with Gasteiger partial charge in [0.15, 0.2) is 0 Å². The summed E-state index contributed by atoms with van der Waals surface area (Å²) in [5, 5.41) is 8.52. The van der Waals surface area contributed by atoms with E-state index in [2.05, 4.69) is 24.3 Å². The fourth-order valence-electron chi connectivity index (χ4n) is 1.94. The number of fused-ring (bicyclic) bond motifs is 3. The number of hydrogen-bond acceptors (Lipinski definition) is 1. The number of aliphatic hydroxyl groups excluding tert-OH is 1. The zero-order valence-electron chi connectivity index (χ0n) is 9.97. The van der Waals surface area contributed by atoms with Crippen LogP contribution in [0.2, 0.25) is 0 Å². The van der Waals surface area contributed by atoms with Crippen LogP contribution in [0, 0.1) is 0 Å². The fourth-order valence-corrected chi connectivity index (χ4v) is 1.94. The van der Waals surface area contributed by atoms with E-state index < -0.39 is 0 Å². The summed E-state index contributed by atoms with van der Waals surface area (Å²) in [6.07, 6.45) is 3.30. The molecular weight excluding hydrogens is 208 g/mol. The van der Waals surface area contributed by atoms with Crippen LogP contribution in [0.15, 0.2) is 54.6 Å². The first-order valence-electron chi connectivity index (χ1n) is 6.11. The molecule has 1 N–H and O–H groups in total. The molecule has 2 aromatic rings. The monoisotopic (exact) mass is 226 g/mol. The molecule has 0 spiro atoms. The largest absolute Gasteiger partial charge is 0.396 e. The first-order valence-corrected chi connectivity index (χ1v) is 6.11. The molecule has 2 aromatic carbocycles. The highest BCUT2D eigenvalue weighted by atomic mass is 16.2. The third kappa shape index (κ3) is 3.72. The van der Waals surface area contributed by atoms with E-state index in [1.54, 1.807) is 0 Å². The first kappa shape index (κ1) is 11.9. The van der Waals surface area contributed by atoms with Gasteiger partial charge in [-0.15, -0.1) is 0 Å². The molecule has 0 aromatic heterocycles. The van der Waals surface area contributed by atoms with Crippen LogP contribution in [0.3, 0.4) is 0 Å². The molecule has 88 valence electrons. The Kier molecular flexibility index (Phi) is 4.34. The highest BCUT2D eigenvalue weighted by Gasteiger charge is 2.01. The van der Waals surface area contributed by atoms with E-state index in [4.69, 9.17) is 5.11 Å². The Morgan fingerprint density at radius 2 is 1.29 bits per heavy atom. The van der Waals surface area contributed by atoms with Gasteiger partial charge in [-0.25, -0.2) is 0 Å². The van der Waals surface area contributed by atoms with Gasteiger partial charge < -0.3 is 5.11 Å². The molecule has 2 aliphatic carbocycles. The summed E-state index contributed by atoms with van der Waals surface area (Å²) < 4.78 is 0. The second kappa shape index (κ2) is 6.21. The number of aryl methyl sites for hydroxylation is 2. The summed E-state index contributed by atoms with van der Waals surface area (Å²) in [4.78, 5) is 0. The van der Waals surface area contributed by atoms with Crippen LogP contribution in [0.5, 0.6) is 0 Å². The molecule has 0 unspecified atom stereocenters. The Bertz CT molecular complexity index is 408. The lowest BCUT2D eigenvalue weighted by Crippen LogP contribution is -1.97. The van der Waals surface area contributed by atoms with Gasteiger partial charge in [-0.2, -0.15) is 0 Å². The molecule has 0 saturated heterocycles. The van der Waals surface area contributed by atoms with Gasteiger partial charge in [-0.05, 0) is 36.0 Å². The van der Waals surface area contributed by atoms with Crippen molar-refractivity contribution in [3.63, 3.8) is 0 Å². The van der Waals surface area contributed by atoms with Crippen molar-refractivity contribution in [2.24, 2.45) is 0 Å². The first-order chi connectivity index (χ1) is 8.38. The van der Waals surface area contributed by atoms with Gasteiger partial charge in [-0.1, -0.05) is 54.6 Å². The molecule has 0 amide bonds. The van der Waals surface area contributed by atoms with E-state index in [1.165, 1.54) is 29.5 Å². The van der Waals surface area contributed by atoms with Crippen LogP contribution in [-0.4, -0.2) is 11.7 Å². The van der Waals surface area contributed by atoms with Crippen molar-refractivity contribution in [3.05, 3.63) is 71.3 Å². The number of aliphatic hydroxyl groups is 1. The minimum absolute atomic E-state index is 0.240. The molecule has 0 fully saturated rings. The van der Waals surface area contributed by atoms with Gasteiger partial charge in [0.25, 0.3) is 0 Å². The maximum Gasteiger partial charge on any atom is 0.0471 e. The predicted molar refractivity (Wildman–Crippen MR) is 71.1 cm³/mol. The SMILES string of the molecule is OCCc1ccccc1.c1cc2ccc1CC2. The highest BCUT2D eigenvalue weighted by molar-refractivity contribution is 5.28. The van der Waals surface area contributed by atoms with Crippen molar-refractivity contribution >= 4 is 0 Å². The molecule has 1 heteroatoms. The maximum absolute atomic E-state index is 8.52. The van der Waals surface area contributed by atoms with Gasteiger partial charge >= 0.3 is 0 Å². The van der Waals surface area contributed by atoms with Crippen LogP contribution < -0.4 is 0 Å². The van der Waals surface area contributed by atoms with Crippen LogP contribution in [0.4, 0.5) is 0 Å². The lowest BCUT2D eigenvalue weighted by atomic mass is 9.97. The minimum atomic E-state index is 0.240.